The Labute approximate surface area is 225 Å². The first-order valence-electron chi connectivity index (χ1n) is 14.6. The minimum atomic E-state index is -0.881. The van der Waals surface area contributed by atoms with E-state index in [1.807, 2.05) is 6.07 Å². The largest absolute Gasteiger partial charge is 0.481 e. The molecule has 1 saturated heterocycles. The van der Waals surface area contributed by atoms with E-state index >= 15 is 0 Å². The summed E-state index contributed by atoms with van der Waals surface area (Å²) < 4.78 is 0. The minimum absolute atomic E-state index is 0.00925. The van der Waals surface area contributed by atoms with Gasteiger partial charge in [0, 0.05) is 18.8 Å². The number of pyridine rings is 1. The third kappa shape index (κ3) is 5.44. The Hall–Kier alpha value is -2.93. The molecule has 4 aliphatic rings. The Kier molecular flexibility index (Phi) is 7.12. The van der Waals surface area contributed by atoms with Crippen LogP contribution in [0.3, 0.4) is 0 Å². The van der Waals surface area contributed by atoms with Crippen LogP contribution in [0.4, 0.5) is 5.82 Å². The highest BCUT2D eigenvalue weighted by molar-refractivity contribution is 5.80. The van der Waals surface area contributed by atoms with Crippen LogP contribution in [0.5, 0.6) is 0 Å². The Morgan fingerprint density at radius 2 is 2.00 bits per heavy atom. The van der Waals surface area contributed by atoms with Gasteiger partial charge in [-0.05, 0) is 111 Å². The molecule has 2 fully saturated rings. The topological polar surface area (TPSA) is 94.6 Å². The van der Waals surface area contributed by atoms with Gasteiger partial charge < -0.3 is 20.6 Å². The van der Waals surface area contributed by atoms with Crippen molar-refractivity contribution in [2.75, 3.05) is 31.5 Å². The highest BCUT2D eigenvalue weighted by Crippen LogP contribution is 2.57. The van der Waals surface area contributed by atoms with Gasteiger partial charge in [-0.15, -0.1) is 0 Å². The number of fused-ring (bicyclic) bond motifs is 3. The molecule has 0 unspecified atom stereocenters. The van der Waals surface area contributed by atoms with Gasteiger partial charge in [-0.1, -0.05) is 24.3 Å². The van der Waals surface area contributed by atoms with E-state index in [2.05, 4.69) is 39.8 Å². The van der Waals surface area contributed by atoms with Gasteiger partial charge in [0.15, 0.2) is 0 Å². The Morgan fingerprint density at radius 1 is 1.13 bits per heavy atom. The van der Waals surface area contributed by atoms with Gasteiger partial charge in [-0.2, -0.15) is 0 Å². The predicted molar refractivity (Wildman–Crippen MR) is 147 cm³/mol. The number of rotatable bonds is 9. The number of nitrogens with zero attached hydrogens (tertiary/aromatic N) is 2. The zero-order valence-electron chi connectivity index (χ0n) is 22.3. The van der Waals surface area contributed by atoms with Gasteiger partial charge in [0.25, 0.3) is 0 Å². The molecule has 0 bridgehead atoms. The number of carboxylic acids is 1. The molecule has 1 aromatic carbocycles. The molecule has 1 amide bonds. The quantitative estimate of drug-likeness (QED) is 0.458. The van der Waals surface area contributed by atoms with E-state index in [9.17, 15) is 14.7 Å². The normalized spacial score (nSPS) is 22.3. The summed E-state index contributed by atoms with van der Waals surface area (Å²) in [7, 11) is 0. The van der Waals surface area contributed by atoms with Crippen molar-refractivity contribution in [1.29, 1.82) is 0 Å². The maximum atomic E-state index is 13.4. The highest BCUT2D eigenvalue weighted by atomic mass is 16.4. The third-order valence-electron chi connectivity index (χ3n) is 9.26. The number of anilines is 1. The molecule has 7 nitrogen and oxygen atoms in total. The van der Waals surface area contributed by atoms with Crippen molar-refractivity contribution in [3.63, 3.8) is 0 Å². The van der Waals surface area contributed by atoms with E-state index in [0.717, 1.165) is 81.8 Å². The SMILES string of the molecule is O=C(O)C[C@H](NC(=O)[C@@H]1CCCN(CCCc2ccc3c(n2)NCCC3)C1)c1ccc2c(c1)C1(CC2)CC1. The van der Waals surface area contributed by atoms with E-state index in [0.29, 0.717) is 5.41 Å². The van der Waals surface area contributed by atoms with Crippen LogP contribution in [0.25, 0.3) is 0 Å². The molecule has 6 rings (SSSR count). The Balaban J connectivity index is 1.05. The predicted octanol–water partition coefficient (Wildman–Crippen LogP) is 4.39. The number of carbonyl (C=O) groups is 2. The number of hydrogen-bond acceptors (Lipinski definition) is 5. The molecule has 1 saturated carbocycles. The Morgan fingerprint density at radius 3 is 2.84 bits per heavy atom. The molecule has 7 heteroatoms. The summed E-state index contributed by atoms with van der Waals surface area (Å²) >= 11 is 0. The van der Waals surface area contributed by atoms with Crippen LogP contribution in [0.2, 0.25) is 0 Å². The second-order valence-electron chi connectivity index (χ2n) is 11.9. The summed E-state index contributed by atoms with van der Waals surface area (Å²) in [4.78, 5) is 32.3. The molecule has 3 heterocycles. The maximum absolute atomic E-state index is 13.4. The first-order chi connectivity index (χ1) is 18.5. The molecule has 1 aromatic heterocycles. The number of piperidine rings is 1. The van der Waals surface area contributed by atoms with Crippen LogP contribution in [-0.2, 0) is 34.3 Å². The summed E-state index contributed by atoms with van der Waals surface area (Å²) in [5, 5.41) is 16.2. The van der Waals surface area contributed by atoms with Crippen molar-refractivity contribution in [2.45, 2.75) is 82.1 Å². The molecular weight excluding hydrogens is 476 g/mol. The maximum Gasteiger partial charge on any atom is 0.305 e. The number of aliphatic carboxylic acids is 1. The fourth-order valence-electron chi connectivity index (χ4n) is 6.88. The second kappa shape index (κ2) is 10.7. The van der Waals surface area contributed by atoms with Gasteiger partial charge in [-0.25, -0.2) is 4.98 Å². The molecule has 2 aliphatic carbocycles. The lowest BCUT2D eigenvalue weighted by Gasteiger charge is -2.33. The van der Waals surface area contributed by atoms with Crippen LogP contribution >= 0.6 is 0 Å². The van der Waals surface area contributed by atoms with E-state index in [-0.39, 0.29) is 18.2 Å². The van der Waals surface area contributed by atoms with Crippen molar-refractivity contribution in [1.82, 2.24) is 15.2 Å². The van der Waals surface area contributed by atoms with Gasteiger partial charge in [0.2, 0.25) is 5.91 Å². The minimum Gasteiger partial charge on any atom is -0.481 e. The number of carboxylic acid groups (broad SMARTS) is 1. The lowest BCUT2D eigenvalue weighted by atomic mass is 9.92. The molecule has 2 aromatic rings. The van der Waals surface area contributed by atoms with Crippen molar-refractivity contribution in [3.05, 3.63) is 58.3 Å². The van der Waals surface area contributed by atoms with Crippen molar-refractivity contribution in [3.8, 4) is 0 Å². The summed E-state index contributed by atoms with van der Waals surface area (Å²) in [6.07, 6.45) is 10.8. The van der Waals surface area contributed by atoms with Crippen LogP contribution in [0, 0.1) is 5.92 Å². The molecule has 3 N–H and O–H groups in total. The van der Waals surface area contributed by atoms with Gasteiger partial charge in [0.05, 0.1) is 18.4 Å². The van der Waals surface area contributed by atoms with E-state index in [4.69, 9.17) is 4.98 Å². The third-order valence-corrected chi connectivity index (χ3v) is 9.26. The van der Waals surface area contributed by atoms with E-state index in [1.54, 1.807) is 0 Å². The fraction of sp³-hybridized carbons (Fsp3) is 0.581. The number of likely N-dealkylation sites (tertiary alicyclic amines) is 1. The van der Waals surface area contributed by atoms with Crippen LogP contribution in [-0.4, -0.2) is 53.0 Å². The number of hydrogen-bond donors (Lipinski definition) is 3. The van der Waals surface area contributed by atoms with Crippen LogP contribution < -0.4 is 10.6 Å². The highest BCUT2D eigenvalue weighted by Gasteiger charge is 2.48. The summed E-state index contributed by atoms with van der Waals surface area (Å²) in [6, 6.07) is 10.3. The molecule has 2 atom stereocenters. The average Bonchev–Trinajstić information content (AvgIpc) is 3.63. The van der Waals surface area contributed by atoms with Crippen LogP contribution in [0.15, 0.2) is 30.3 Å². The molecule has 1 spiro atoms. The number of nitrogens with one attached hydrogen (secondary N) is 2. The lowest BCUT2D eigenvalue weighted by Crippen LogP contribution is -2.44. The Bertz CT molecular complexity index is 1210. The monoisotopic (exact) mass is 516 g/mol. The summed E-state index contributed by atoms with van der Waals surface area (Å²) in [5.41, 5.74) is 6.51. The van der Waals surface area contributed by atoms with E-state index < -0.39 is 12.0 Å². The van der Waals surface area contributed by atoms with Crippen LogP contribution in [0.1, 0.15) is 85.4 Å². The zero-order valence-corrected chi connectivity index (χ0v) is 22.3. The van der Waals surface area contributed by atoms with Crippen molar-refractivity contribution < 1.29 is 14.7 Å². The van der Waals surface area contributed by atoms with Gasteiger partial charge in [0.1, 0.15) is 5.82 Å². The fourth-order valence-corrected chi connectivity index (χ4v) is 6.88. The second-order valence-corrected chi connectivity index (χ2v) is 11.9. The van der Waals surface area contributed by atoms with Crippen molar-refractivity contribution >= 4 is 17.7 Å². The smallest absolute Gasteiger partial charge is 0.305 e. The van der Waals surface area contributed by atoms with Crippen molar-refractivity contribution in [2.24, 2.45) is 5.92 Å². The molecule has 202 valence electrons. The molecule has 0 radical (unpaired) electrons. The number of carbonyl (C=O) groups excluding carboxylic acids is 1. The summed E-state index contributed by atoms with van der Waals surface area (Å²) in [5.74, 6) is 0.0589. The zero-order chi connectivity index (χ0) is 26.1. The lowest BCUT2D eigenvalue weighted by molar-refractivity contribution is -0.138. The molecular formula is C31H40N4O3. The molecule has 38 heavy (non-hydrogen) atoms. The first kappa shape index (κ1) is 25.4. The summed E-state index contributed by atoms with van der Waals surface area (Å²) in [6.45, 7) is 3.69. The average molecular weight is 517 g/mol. The van der Waals surface area contributed by atoms with Gasteiger partial charge >= 0.3 is 5.97 Å². The van der Waals surface area contributed by atoms with Gasteiger partial charge in [-0.3, -0.25) is 9.59 Å². The standard InChI is InChI=1S/C31H40N4O3/c36-28(37)19-27(23-8-7-21-11-12-31(13-14-31)26(21)18-23)34-30(38)24-5-2-16-35(20-24)17-3-6-25-10-9-22-4-1-15-32-29(22)33-25/h7-10,18,24,27H,1-6,11-17,19-20H2,(H,32,33)(H,34,38)(H,36,37)/t24-,27+/m1/s1. The number of amides is 1. The number of benzene rings is 1. The van der Waals surface area contributed by atoms with E-state index in [1.165, 1.54) is 42.4 Å². The number of aromatic nitrogens is 1. The molecule has 2 aliphatic heterocycles. The number of aryl methyl sites for hydroxylation is 3. The first-order valence-corrected chi connectivity index (χ1v) is 14.6.